The maximum Gasteiger partial charge on any atom is 0.408 e. The van der Waals surface area contributed by atoms with Crippen molar-refractivity contribution in [2.45, 2.75) is 39.0 Å². The number of carbonyl (C=O) groups is 1. The first kappa shape index (κ1) is 26.2. The number of nitrogens with one attached hydrogen (secondary N) is 1. The van der Waals surface area contributed by atoms with Gasteiger partial charge in [0.25, 0.3) is 0 Å². The molecule has 0 saturated heterocycles. The van der Waals surface area contributed by atoms with Crippen LogP contribution in [0.15, 0.2) is 67.1 Å². The summed E-state index contributed by atoms with van der Waals surface area (Å²) in [4.78, 5) is 23.2. The van der Waals surface area contributed by atoms with Gasteiger partial charge in [0.15, 0.2) is 5.00 Å². The van der Waals surface area contributed by atoms with E-state index in [1.807, 2.05) is 75.2 Å². The molecule has 2 aromatic heterocycles. The maximum absolute atomic E-state index is 12.6. The second-order valence-electron chi connectivity index (χ2n) is 8.83. The van der Waals surface area contributed by atoms with Gasteiger partial charge in [-0.15, -0.1) is 0 Å². The zero-order chi connectivity index (χ0) is 25.4. The van der Waals surface area contributed by atoms with Crippen LogP contribution in [-0.2, 0) is 16.1 Å². The van der Waals surface area contributed by atoms with E-state index in [0.717, 1.165) is 21.1 Å². The number of alkyl carbamates (subject to hydrolysis) is 1. The molecule has 3 aromatic rings. The Balaban J connectivity index is 1.79. The topological polar surface area (TPSA) is 85.8 Å². The van der Waals surface area contributed by atoms with Gasteiger partial charge in [0.05, 0.1) is 26.4 Å². The molecule has 1 unspecified atom stereocenters. The fourth-order valence-corrected chi connectivity index (χ4v) is 4.18. The lowest BCUT2D eigenvalue weighted by Crippen LogP contribution is -2.45. The Kier molecular flexibility index (Phi) is 8.84. The lowest BCUT2D eigenvalue weighted by molar-refractivity contribution is 0.0451. The zero-order valence-electron chi connectivity index (χ0n) is 20.8. The van der Waals surface area contributed by atoms with Crippen molar-refractivity contribution in [1.29, 1.82) is 0 Å². The number of likely N-dealkylation sites (N-methyl/N-ethyl adjacent to an activating group) is 1. The van der Waals surface area contributed by atoms with Crippen LogP contribution in [-0.4, -0.2) is 48.5 Å². The molecule has 0 spiro atoms. The van der Waals surface area contributed by atoms with Gasteiger partial charge < -0.3 is 24.4 Å². The zero-order valence-corrected chi connectivity index (χ0v) is 21.6. The molecule has 0 fully saturated rings. The molecule has 9 heteroatoms. The summed E-state index contributed by atoms with van der Waals surface area (Å²) in [5.41, 5.74) is 1.89. The van der Waals surface area contributed by atoms with Gasteiger partial charge in [0, 0.05) is 30.7 Å². The Labute approximate surface area is 210 Å². The molecule has 35 heavy (non-hydrogen) atoms. The predicted octanol–water partition coefficient (Wildman–Crippen LogP) is 5.27. The molecule has 2 heterocycles. The third kappa shape index (κ3) is 7.53. The van der Waals surface area contributed by atoms with Crippen LogP contribution in [0.5, 0.6) is 5.88 Å². The van der Waals surface area contributed by atoms with Crippen LogP contribution in [0, 0.1) is 0 Å². The molecule has 8 nitrogen and oxygen atoms in total. The summed E-state index contributed by atoms with van der Waals surface area (Å²) < 4.78 is 16.9. The number of pyridine rings is 1. The van der Waals surface area contributed by atoms with Crippen molar-refractivity contribution in [3.8, 4) is 16.5 Å². The van der Waals surface area contributed by atoms with Crippen LogP contribution >= 0.6 is 11.3 Å². The first-order chi connectivity index (χ1) is 16.7. The van der Waals surface area contributed by atoms with Gasteiger partial charge in [-0.1, -0.05) is 48.2 Å². The van der Waals surface area contributed by atoms with E-state index in [0.29, 0.717) is 18.2 Å². The Morgan fingerprint density at radius 1 is 1.20 bits per heavy atom. The van der Waals surface area contributed by atoms with Gasteiger partial charge in [0.2, 0.25) is 5.88 Å². The van der Waals surface area contributed by atoms with Crippen molar-refractivity contribution < 1.29 is 19.0 Å². The van der Waals surface area contributed by atoms with Gasteiger partial charge in [-0.05, 0) is 38.5 Å². The normalized spacial score (nSPS) is 12.0. The van der Waals surface area contributed by atoms with Crippen molar-refractivity contribution >= 4 is 22.4 Å². The van der Waals surface area contributed by atoms with Crippen LogP contribution in [0.3, 0.4) is 0 Å². The molecular formula is C26H32N4O4S. The average molecular weight is 497 g/mol. The molecule has 186 valence electrons. The molecule has 0 saturated carbocycles. The highest BCUT2D eigenvalue weighted by Crippen LogP contribution is 2.40. The molecule has 1 amide bonds. The first-order valence-corrected chi connectivity index (χ1v) is 12.0. The number of hydrogen-bond donors (Lipinski definition) is 1. The Hall–Kier alpha value is -3.43. The molecule has 0 bridgehead atoms. The number of methoxy groups -OCH3 is 1. The van der Waals surface area contributed by atoms with Gasteiger partial charge in [-0.3, -0.25) is 4.98 Å². The highest BCUT2D eigenvalue weighted by molar-refractivity contribution is 7.19. The summed E-state index contributed by atoms with van der Waals surface area (Å²) in [6, 6.07) is 13.1. The van der Waals surface area contributed by atoms with Crippen molar-refractivity contribution in [2.75, 3.05) is 25.7 Å². The molecule has 1 N–H and O–H groups in total. The van der Waals surface area contributed by atoms with Gasteiger partial charge >= 0.3 is 6.09 Å². The van der Waals surface area contributed by atoms with E-state index in [-0.39, 0.29) is 6.61 Å². The minimum atomic E-state index is -0.633. The second-order valence-corrected chi connectivity index (χ2v) is 9.80. The molecule has 1 aromatic carbocycles. The monoisotopic (exact) mass is 496 g/mol. The van der Waals surface area contributed by atoms with Crippen molar-refractivity contribution in [3.05, 3.63) is 72.7 Å². The Bertz CT molecular complexity index is 1110. The number of ether oxygens (including phenoxy) is 3. The van der Waals surface area contributed by atoms with E-state index in [4.69, 9.17) is 14.2 Å². The largest absolute Gasteiger partial charge is 0.479 e. The summed E-state index contributed by atoms with van der Waals surface area (Å²) in [6.07, 6.45) is 2.92. The number of carbonyl (C=O) groups excluding carboxylic acids is 1. The van der Waals surface area contributed by atoms with E-state index < -0.39 is 17.7 Å². The standard InChI is InChI=1S/C26H32N4O4S/c1-18(30(5)24-22(32-6)29-23(35-24)20-13-10-14-27-15-20)21(28-25(31)34-26(2,3)4)17-33-16-19-11-8-7-9-12-19/h7-15,21H,1,16-17H2,2-6H3,(H,28,31). The lowest BCUT2D eigenvalue weighted by atomic mass is 10.2. The number of thiazole rings is 1. The van der Waals surface area contributed by atoms with E-state index in [1.165, 1.54) is 11.3 Å². The van der Waals surface area contributed by atoms with E-state index in [2.05, 4.69) is 21.9 Å². The van der Waals surface area contributed by atoms with Gasteiger partial charge in [-0.25, -0.2) is 4.79 Å². The highest BCUT2D eigenvalue weighted by atomic mass is 32.1. The molecule has 1 atom stereocenters. The second kappa shape index (κ2) is 11.8. The lowest BCUT2D eigenvalue weighted by Gasteiger charge is -2.29. The Morgan fingerprint density at radius 3 is 2.57 bits per heavy atom. The van der Waals surface area contributed by atoms with Crippen molar-refractivity contribution in [3.63, 3.8) is 0 Å². The number of amides is 1. The van der Waals surface area contributed by atoms with E-state index >= 15 is 0 Å². The van der Waals surface area contributed by atoms with Crippen LogP contribution in [0.1, 0.15) is 26.3 Å². The number of rotatable bonds is 10. The van der Waals surface area contributed by atoms with Gasteiger partial charge in [-0.2, -0.15) is 4.98 Å². The number of hydrogen-bond acceptors (Lipinski definition) is 8. The third-order valence-electron chi connectivity index (χ3n) is 4.91. The Morgan fingerprint density at radius 2 is 1.94 bits per heavy atom. The summed E-state index contributed by atoms with van der Waals surface area (Å²) in [5, 5.41) is 4.40. The number of benzene rings is 1. The number of nitrogens with zero attached hydrogens (tertiary/aromatic N) is 3. The summed E-state index contributed by atoms with van der Waals surface area (Å²) in [7, 11) is 3.42. The first-order valence-electron chi connectivity index (χ1n) is 11.2. The van der Waals surface area contributed by atoms with E-state index in [9.17, 15) is 4.79 Å². The van der Waals surface area contributed by atoms with Crippen LogP contribution in [0.2, 0.25) is 0 Å². The molecule has 0 aliphatic rings. The SMILES string of the molecule is C=C(C(COCc1ccccc1)NC(=O)OC(C)(C)C)N(C)c1sc(-c2cccnc2)nc1OC. The molecule has 0 aliphatic carbocycles. The molecular weight excluding hydrogens is 464 g/mol. The quantitative estimate of drug-likeness (QED) is 0.409. The maximum atomic E-state index is 12.6. The van der Waals surface area contributed by atoms with Gasteiger partial charge in [0.1, 0.15) is 10.6 Å². The smallest absolute Gasteiger partial charge is 0.408 e. The van der Waals surface area contributed by atoms with E-state index in [1.54, 1.807) is 19.5 Å². The van der Waals surface area contributed by atoms with Crippen LogP contribution in [0.4, 0.5) is 9.80 Å². The molecule has 0 aliphatic heterocycles. The average Bonchev–Trinajstić information content (AvgIpc) is 3.27. The fraction of sp³-hybridized carbons (Fsp3) is 0.346. The number of anilines is 1. The summed E-state index contributed by atoms with van der Waals surface area (Å²) >= 11 is 1.44. The summed E-state index contributed by atoms with van der Waals surface area (Å²) in [5.74, 6) is 0.457. The fourth-order valence-electron chi connectivity index (χ4n) is 3.16. The van der Waals surface area contributed by atoms with Crippen LogP contribution < -0.4 is 15.0 Å². The van der Waals surface area contributed by atoms with Crippen LogP contribution in [0.25, 0.3) is 10.6 Å². The number of aromatic nitrogens is 2. The molecule has 3 rings (SSSR count). The molecule has 0 radical (unpaired) electrons. The highest BCUT2D eigenvalue weighted by Gasteiger charge is 2.26. The van der Waals surface area contributed by atoms with Crippen molar-refractivity contribution in [2.24, 2.45) is 0 Å². The summed E-state index contributed by atoms with van der Waals surface area (Å²) in [6.45, 7) is 10.3. The minimum absolute atomic E-state index is 0.202. The van der Waals surface area contributed by atoms with Crippen molar-refractivity contribution in [1.82, 2.24) is 15.3 Å². The third-order valence-corrected chi connectivity index (χ3v) is 6.07. The predicted molar refractivity (Wildman–Crippen MR) is 139 cm³/mol. The minimum Gasteiger partial charge on any atom is -0.479 e.